The number of hydrogen-bond acceptors (Lipinski definition) is 5. The molecule has 0 saturated carbocycles. The molecular formula is C29H30FIN2O4. The second kappa shape index (κ2) is 10.1. The summed E-state index contributed by atoms with van der Waals surface area (Å²) in [7, 11) is 1.54. The Morgan fingerprint density at radius 1 is 1.05 bits per heavy atom. The van der Waals surface area contributed by atoms with E-state index in [4.69, 9.17) is 17.5 Å². The van der Waals surface area contributed by atoms with E-state index in [0.29, 0.717) is 24.7 Å². The number of nitrogens with zero attached hydrogens (tertiary/aromatic N) is 2. The smallest absolute Gasteiger partial charge is 0.410 e. The third-order valence-electron chi connectivity index (χ3n) is 6.88. The van der Waals surface area contributed by atoms with Crippen LogP contribution in [0.3, 0.4) is 0 Å². The van der Waals surface area contributed by atoms with E-state index in [9.17, 15) is 9.18 Å². The molecule has 1 amide bonds. The lowest BCUT2D eigenvalue weighted by molar-refractivity contribution is 0.0224. The van der Waals surface area contributed by atoms with E-state index in [1.165, 1.54) is 28.8 Å². The van der Waals surface area contributed by atoms with Gasteiger partial charge in [-0.1, -0.05) is 12.1 Å². The Balaban J connectivity index is 1.52. The summed E-state index contributed by atoms with van der Waals surface area (Å²) in [5.74, 6) is 0.606. The van der Waals surface area contributed by atoms with Crippen LogP contribution < -0.4 is 7.80 Å². The SMILES string of the molecule is COc1cc(F)ccc1-c1c(OI)nc(-c2ccc3c(c2)CCN(C(=O)OC(C)(C)C)C3)c2c1CCC2. The molecule has 0 spiro atoms. The molecule has 5 rings (SSSR count). The van der Waals surface area contributed by atoms with Crippen LogP contribution in [0.1, 0.15) is 49.4 Å². The van der Waals surface area contributed by atoms with Crippen LogP contribution in [-0.4, -0.2) is 35.2 Å². The second-order valence-electron chi connectivity index (χ2n) is 10.5. The molecule has 6 nitrogen and oxygen atoms in total. The molecule has 1 aromatic heterocycles. The zero-order valence-electron chi connectivity index (χ0n) is 21.5. The summed E-state index contributed by atoms with van der Waals surface area (Å²) in [6.07, 6.45) is 3.30. The fourth-order valence-electron chi connectivity index (χ4n) is 5.26. The number of rotatable bonds is 4. The summed E-state index contributed by atoms with van der Waals surface area (Å²) in [5, 5.41) is 0. The highest BCUT2D eigenvalue weighted by molar-refractivity contribution is 14.1. The number of fused-ring (bicyclic) bond motifs is 2. The van der Waals surface area contributed by atoms with Crippen molar-refractivity contribution in [2.45, 2.75) is 58.6 Å². The lowest BCUT2D eigenvalue weighted by atomic mass is 9.92. The molecule has 2 aromatic carbocycles. The molecule has 0 saturated heterocycles. The van der Waals surface area contributed by atoms with E-state index in [1.54, 1.807) is 18.1 Å². The number of pyridine rings is 1. The first-order valence-corrected chi connectivity index (χ1v) is 13.3. The molecular weight excluding hydrogens is 586 g/mol. The fraction of sp³-hybridized carbons (Fsp3) is 0.379. The van der Waals surface area contributed by atoms with Gasteiger partial charge in [-0.2, -0.15) is 0 Å². The molecule has 0 radical (unpaired) electrons. The van der Waals surface area contributed by atoms with Gasteiger partial charge in [0, 0.05) is 30.3 Å². The predicted octanol–water partition coefficient (Wildman–Crippen LogP) is 7.07. The Hall–Kier alpha value is -2.88. The van der Waals surface area contributed by atoms with Crippen molar-refractivity contribution in [3.8, 4) is 34.0 Å². The molecule has 1 aliphatic heterocycles. The van der Waals surface area contributed by atoms with Crippen molar-refractivity contribution in [3.05, 3.63) is 64.5 Å². The maximum atomic E-state index is 13.9. The van der Waals surface area contributed by atoms with Crippen molar-refractivity contribution >= 4 is 29.1 Å². The van der Waals surface area contributed by atoms with Crippen LogP contribution in [0.2, 0.25) is 0 Å². The summed E-state index contributed by atoms with van der Waals surface area (Å²) in [6.45, 7) is 6.78. The summed E-state index contributed by atoms with van der Waals surface area (Å²) < 4.78 is 30.7. The number of amides is 1. The fourth-order valence-corrected chi connectivity index (χ4v) is 5.58. The lowest BCUT2D eigenvalue weighted by Gasteiger charge is -2.31. The summed E-state index contributed by atoms with van der Waals surface area (Å²) in [4.78, 5) is 19.3. The molecule has 8 heteroatoms. The van der Waals surface area contributed by atoms with E-state index in [2.05, 4.69) is 18.2 Å². The van der Waals surface area contributed by atoms with Crippen LogP contribution >= 0.6 is 23.0 Å². The first-order chi connectivity index (χ1) is 17.7. The Labute approximate surface area is 230 Å². The van der Waals surface area contributed by atoms with Gasteiger partial charge in [0.1, 0.15) is 17.2 Å². The van der Waals surface area contributed by atoms with Gasteiger partial charge in [0.05, 0.1) is 18.4 Å². The van der Waals surface area contributed by atoms with E-state index < -0.39 is 5.60 Å². The van der Waals surface area contributed by atoms with Crippen molar-refractivity contribution in [2.75, 3.05) is 13.7 Å². The van der Waals surface area contributed by atoms with Crippen molar-refractivity contribution in [3.63, 3.8) is 0 Å². The molecule has 2 heterocycles. The van der Waals surface area contributed by atoms with Crippen molar-refractivity contribution in [1.29, 1.82) is 0 Å². The quantitative estimate of drug-likeness (QED) is 0.294. The highest BCUT2D eigenvalue weighted by Gasteiger charge is 2.29. The number of aromatic nitrogens is 1. The molecule has 2 aliphatic rings. The van der Waals surface area contributed by atoms with E-state index >= 15 is 0 Å². The lowest BCUT2D eigenvalue weighted by Crippen LogP contribution is -2.39. The minimum Gasteiger partial charge on any atom is -0.496 e. The topological polar surface area (TPSA) is 60.9 Å². The van der Waals surface area contributed by atoms with Crippen LogP contribution in [0.4, 0.5) is 9.18 Å². The number of methoxy groups -OCH3 is 1. The molecule has 0 N–H and O–H groups in total. The minimum absolute atomic E-state index is 0.280. The van der Waals surface area contributed by atoms with Gasteiger partial charge in [0.2, 0.25) is 5.88 Å². The molecule has 3 aromatic rings. The van der Waals surface area contributed by atoms with Gasteiger partial charge in [-0.15, -0.1) is 0 Å². The minimum atomic E-state index is -0.518. The zero-order chi connectivity index (χ0) is 26.3. The van der Waals surface area contributed by atoms with Gasteiger partial charge in [-0.3, -0.25) is 0 Å². The average Bonchev–Trinajstić information content (AvgIpc) is 3.36. The van der Waals surface area contributed by atoms with Gasteiger partial charge < -0.3 is 17.4 Å². The molecule has 0 unspecified atom stereocenters. The molecule has 37 heavy (non-hydrogen) atoms. The number of carbonyl (C=O) groups excluding carboxylic acids is 1. The molecule has 1 aliphatic carbocycles. The number of halogens is 2. The summed E-state index contributed by atoms with van der Waals surface area (Å²) in [5.41, 5.74) is 7.79. The number of benzene rings is 2. The van der Waals surface area contributed by atoms with E-state index in [-0.39, 0.29) is 11.9 Å². The standard InChI is InChI=1S/C29H30FIN2O4/c1-29(2,3)36-28(34)33-13-12-17-14-18(8-9-19(17)16-33)26-22-7-5-6-21(22)25(27(32-26)37-31)23-11-10-20(30)15-24(23)35-4/h8-11,14-15H,5-7,12-13,16H2,1-4H3. The predicted molar refractivity (Wildman–Crippen MR) is 149 cm³/mol. The first-order valence-electron chi connectivity index (χ1n) is 12.5. The highest BCUT2D eigenvalue weighted by Crippen LogP contribution is 2.46. The summed E-state index contributed by atoms with van der Waals surface area (Å²) >= 11 is 1.86. The van der Waals surface area contributed by atoms with E-state index in [0.717, 1.165) is 53.6 Å². The first kappa shape index (κ1) is 25.8. The Morgan fingerprint density at radius 3 is 2.57 bits per heavy atom. The van der Waals surface area contributed by atoms with Gasteiger partial charge in [0.25, 0.3) is 0 Å². The zero-order valence-corrected chi connectivity index (χ0v) is 23.6. The maximum Gasteiger partial charge on any atom is 0.410 e. The Kier molecular flexibility index (Phi) is 7.04. The third-order valence-corrected chi connectivity index (χ3v) is 7.30. The Morgan fingerprint density at radius 2 is 1.84 bits per heavy atom. The van der Waals surface area contributed by atoms with Crippen molar-refractivity contribution in [1.82, 2.24) is 9.88 Å². The number of ether oxygens (including phenoxy) is 2. The molecule has 0 fully saturated rings. The van der Waals surface area contributed by atoms with Gasteiger partial charge in [-0.05, 0) is 86.9 Å². The van der Waals surface area contributed by atoms with Crippen molar-refractivity contribution < 1.29 is 21.7 Å². The van der Waals surface area contributed by atoms with Crippen LogP contribution in [-0.2, 0) is 30.5 Å². The Bertz CT molecular complexity index is 1370. The second-order valence-corrected chi connectivity index (χ2v) is 10.9. The maximum absolute atomic E-state index is 13.9. The highest BCUT2D eigenvalue weighted by atomic mass is 127. The molecule has 0 atom stereocenters. The van der Waals surface area contributed by atoms with Gasteiger partial charge in [0.15, 0.2) is 23.0 Å². The largest absolute Gasteiger partial charge is 0.496 e. The average molecular weight is 616 g/mol. The van der Waals surface area contributed by atoms with Crippen molar-refractivity contribution in [2.24, 2.45) is 0 Å². The van der Waals surface area contributed by atoms with Gasteiger partial charge in [-0.25, -0.2) is 14.2 Å². The van der Waals surface area contributed by atoms with Crippen LogP contribution in [0.15, 0.2) is 36.4 Å². The van der Waals surface area contributed by atoms with E-state index in [1.807, 2.05) is 43.8 Å². The van der Waals surface area contributed by atoms with Crippen LogP contribution in [0.5, 0.6) is 11.6 Å². The normalized spacial score (nSPS) is 14.7. The monoisotopic (exact) mass is 616 g/mol. The van der Waals surface area contributed by atoms with Crippen LogP contribution in [0.25, 0.3) is 22.4 Å². The third kappa shape index (κ3) is 5.12. The van der Waals surface area contributed by atoms with Gasteiger partial charge >= 0.3 is 6.09 Å². The molecule has 0 bridgehead atoms. The molecule has 194 valence electrons. The van der Waals surface area contributed by atoms with Crippen LogP contribution in [0, 0.1) is 5.82 Å². The summed E-state index contributed by atoms with van der Waals surface area (Å²) in [6, 6.07) is 10.9. The number of hydrogen-bond donors (Lipinski definition) is 0. The number of carbonyl (C=O) groups is 1.